The minimum atomic E-state index is 0.608. The van der Waals surface area contributed by atoms with Gasteiger partial charge in [-0.15, -0.1) is 11.8 Å². The predicted molar refractivity (Wildman–Crippen MR) is 71.8 cm³/mol. The number of aryl methyl sites for hydroxylation is 2. The number of nitrogens with zero attached hydrogens (tertiary/aromatic N) is 2. The zero-order chi connectivity index (χ0) is 12.3. The first-order chi connectivity index (χ1) is 8.19. The third kappa shape index (κ3) is 3.11. The van der Waals surface area contributed by atoms with E-state index >= 15 is 0 Å². The van der Waals surface area contributed by atoms with E-state index in [1.807, 2.05) is 35.9 Å². The second-order valence-corrected chi connectivity index (χ2v) is 5.15. The highest BCUT2D eigenvalue weighted by molar-refractivity contribution is 7.98. The molecule has 0 atom stereocenters. The molecule has 0 saturated carbocycles. The van der Waals surface area contributed by atoms with Crippen LogP contribution in [0, 0.1) is 6.92 Å². The first kappa shape index (κ1) is 12.2. The van der Waals surface area contributed by atoms with E-state index in [1.165, 1.54) is 21.6 Å². The van der Waals surface area contributed by atoms with E-state index < -0.39 is 0 Å². The molecule has 3 nitrogen and oxygen atoms in total. The molecule has 0 aliphatic rings. The molecule has 90 valence electrons. The Morgan fingerprint density at radius 3 is 2.82 bits per heavy atom. The van der Waals surface area contributed by atoms with Gasteiger partial charge in [-0.3, -0.25) is 4.68 Å². The molecule has 1 heterocycles. The van der Waals surface area contributed by atoms with Crippen LogP contribution < -0.4 is 5.73 Å². The molecule has 1 aromatic carbocycles. The lowest BCUT2D eigenvalue weighted by Crippen LogP contribution is -1.97. The van der Waals surface area contributed by atoms with Gasteiger partial charge >= 0.3 is 0 Å². The minimum absolute atomic E-state index is 0.608. The quantitative estimate of drug-likeness (QED) is 0.844. The van der Waals surface area contributed by atoms with Gasteiger partial charge in [-0.05, 0) is 23.6 Å². The summed E-state index contributed by atoms with van der Waals surface area (Å²) in [5.74, 6) is 0.975. The summed E-state index contributed by atoms with van der Waals surface area (Å²) in [4.78, 5) is 1.20. The molecule has 0 radical (unpaired) electrons. The Labute approximate surface area is 106 Å². The molecule has 0 aliphatic carbocycles. The predicted octanol–water partition coefficient (Wildman–Crippen LogP) is 2.48. The number of benzene rings is 1. The first-order valence-corrected chi connectivity index (χ1v) is 6.57. The lowest BCUT2D eigenvalue weighted by atomic mass is 10.1. The van der Waals surface area contributed by atoms with Crippen molar-refractivity contribution < 1.29 is 0 Å². The van der Waals surface area contributed by atoms with E-state index in [9.17, 15) is 0 Å². The van der Waals surface area contributed by atoms with Gasteiger partial charge in [0.1, 0.15) is 0 Å². The highest BCUT2D eigenvalue weighted by Gasteiger charge is 2.02. The highest BCUT2D eigenvalue weighted by Crippen LogP contribution is 2.24. The Bertz CT molecular complexity index is 505. The standard InChI is InChI=1S/C13H17N3S/c1-10-5-11(6-14)3-4-12(10)9-17-13-7-15-16(2)8-13/h3-5,7-8H,6,9,14H2,1-2H3. The van der Waals surface area contributed by atoms with Crippen LogP contribution >= 0.6 is 11.8 Å². The van der Waals surface area contributed by atoms with Gasteiger partial charge in [0.15, 0.2) is 0 Å². The summed E-state index contributed by atoms with van der Waals surface area (Å²) in [6.45, 7) is 2.75. The summed E-state index contributed by atoms with van der Waals surface area (Å²) in [5, 5.41) is 4.16. The molecule has 0 aliphatic heterocycles. The van der Waals surface area contributed by atoms with Crippen LogP contribution in [0.25, 0.3) is 0 Å². The molecular weight excluding hydrogens is 230 g/mol. The fraction of sp³-hybridized carbons (Fsp3) is 0.308. The molecular formula is C13H17N3S. The van der Waals surface area contributed by atoms with Crippen molar-refractivity contribution in [3.63, 3.8) is 0 Å². The van der Waals surface area contributed by atoms with Gasteiger partial charge in [0.25, 0.3) is 0 Å². The van der Waals surface area contributed by atoms with Crippen LogP contribution in [-0.4, -0.2) is 9.78 Å². The van der Waals surface area contributed by atoms with Crippen molar-refractivity contribution in [2.24, 2.45) is 12.8 Å². The largest absolute Gasteiger partial charge is 0.326 e. The van der Waals surface area contributed by atoms with Crippen LogP contribution in [-0.2, 0) is 19.3 Å². The molecule has 0 saturated heterocycles. The van der Waals surface area contributed by atoms with Crippen molar-refractivity contribution >= 4 is 11.8 Å². The van der Waals surface area contributed by atoms with E-state index in [0.717, 1.165) is 5.75 Å². The highest BCUT2D eigenvalue weighted by atomic mass is 32.2. The molecule has 0 spiro atoms. The lowest BCUT2D eigenvalue weighted by molar-refractivity contribution is 0.766. The number of nitrogens with two attached hydrogens (primary N) is 1. The van der Waals surface area contributed by atoms with E-state index in [-0.39, 0.29) is 0 Å². The Balaban J connectivity index is 2.04. The molecule has 1 aromatic heterocycles. The first-order valence-electron chi connectivity index (χ1n) is 5.59. The number of thioether (sulfide) groups is 1. The Kier molecular flexibility index (Phi) is 3.86. The lowest BCUT2D eigenvalue weighted by Gasteiger charge is -2.06. The van der Waals surface area contributed by atoms with Crippen molar-refractivity contribution in [1.82, 2.24) is 9.78 Å². The topological polar surface area (TPSA) is 43.8 Å². The number of hydrogen-bond acceptors (Lipinski definition) is 3. The van der Waals surface area contributed by atoms with Gasteiger partial charge in [-0.2, -0.15) is 5.10 Å². The molecule has 0 unspecified atom stereocenters. The van der Waals surface area contributed by atoms with Crippen LogP contribution in [0.3, 0.4) is 0 Å². The zero-order valence-electron chi connectivity index (χ0n) is 10.2. The summed E-state index contributed by atoms with van der Waals surface area (Å²) < 4.78 is 1.83. The zero-order valence-corrected chi connectivity index (χ0v) is 11.0. The van der Waals surface area contributed by atoms with Crippen molar-refractivity contribution in [3.8, 4) is 0 Å². The maximum Gasteiger partial charge on any atom is 0.0625 e. The number of aromatic nitrogens is 2. The monoisotopic (exact) mass is 247 g/mol. The van der Waals surface area contributed by atoms with Gasteiger partial charge < -0.3 is 5.73 Å². The van der Waals surface area contributed by atoms with Crippen LogP contribution in [0.4, 0.5) is 0 Å². The molecule has 0 fully saturated rings. The second kappa shape index (κ2) is 5.38. The Morgan fingerprint density at radius 2 is 2.24 bits per heavy atom. The maximum atomic E-state index is 5.62. The molecule has 2 aromatic rings. The third-order valence-corrected chi connectivity index (χ3v) is 3.72. The van der Waals surface area contributed by atoms with E-state index in [1.54, 1.807) is 0 Å². The van der Waals surface area contributed by atoms with Gasteiger partial charge in [0, 0.05) is 30.4 Å². The summed E-state index contributed by atoms with van der Waals surface area (Å²) in [6.07, 6.45) is 3.93. The molecule has 2 N–H and O–H groups in total. The SMILES string of the molecule is Cc1cc(CN)ccc1CSc1cnn(C)c1. The molecule has 0 bridgehead atoms. The van der Waals surface area contributed by atoms with Gasteiger partial charge in [0.2, 0.25) is 0 Å². The Morgan fingerprint density at radius 1 is 1.41 bits per heavy atom. The van der Waals surface area contributed by atoms with Gasteiger partial charge in [-0.1, -0.05) is 18.2 Å². The smallest absolute Gasteiger partial charge is 0.0625 e. The van der Waals surface area contributed by atoms with Crippen molar-refractivity contribution in [2.45, 2.75) is 24.1 Å². The van der Waals surface area contributed by atoms with Crippen molar-refractivity contribution in [3.05, 3.63) is 47.3 Å². The fourth-order valence-corrected chi connectivity index (χ4v) is 2.68. The number of hydrogen-bond donors (Lipinski definition) is 1. The third-order valence-electron chi connectivity index (χ3n) is 2.72. The summed E-state index contributed by atoms with van der Waals surface area (Å²) in [6, 6.07) is 6.44. The van der Waals surface area contributed by atoms with Crippen molar-refractivity contribution in [2.75, 3.05) is 0 Å². The summed E-state index contributed by atoms with van der Waals surface area (Å²) >= 11 is 1.81. The normalized spacial score (nSPS) is 10.8. The maximum absolute atomic E-state index is 5.62. The number of rotatable bonds is 4. The Hall–Kier alpha value is -1.26. The van der Waals surface area contributed by atoms with Crippen LogP contribution in [0.2, 0.25) is 0 Å². The van der Waals surface area contributed by atoms with Gasteiger partial charge in [0.05, 0.1) is 6.20 Å². The molecule has 0 amide bonds. The van der Waals surface area contributed by atoms with E-state index in [4.69, 9.17) is 5.73 Å². The van der Waals surface area contributed by atoms with Crippen molar-refractivity contribution in [1.29, 1.82) is 0 Å². The molecule has 17 heavy (non-hydrogen) atoms. The molecule has 2 rings (SSSR count). The average molecular weight is 247 g/mol. The average Bonchev–Trinajstić information content (AvgIpc) is 2.73. The van der Waals surface area contributed by atoms with Crippen LogP contribution in [0.1, 0.15) is 16.7 Å². The van der Waals surface area contributed by atoms with Gasteiger partial charge in [-0.25, -0.2) is 0 Å². The fourth-order valence-electron chi connectivity index (χ4n) is 1.68. The second-order valence-electron chi connectivity index (χ2n) is 4.10. The minimum Gasteiger partial charge on any atom is -0.326 e. The van der Waals surface area contributed by atoms with E-state index in [2.05, 4.69) is 30.2 Å². The molecule has 4 heteroatoms. The van der Waals surface area contributed by atoms with E-state index in [0.29, 0.717) is 6.54 Å². The van der Waals surface area contributed by atoms with Crippen LogP contribution in [0.15, 0.2) is 35.5 Å². The summed E-state index contributed by atoms with van der Waals surface area (Å²) in [5.41, 5.74) is 9.48. The summed E-state index contributed by atoms with van der Waals surface area (Å²) in [7, 11) is 1.94. The van der Waals surface area contributed by atoms with Crippen LogP contribution in [0.5, 0.6) is 0 Å².